The fourth-order valence-electron chi connectivity index (χ4n) is 1.77. The van der Waals surface area contributed by atoms with Gasteiger partial charge in [-0.1, -0.05) is 17.2 Å². The van der Waals surface area contributed by atoms with E-state index in [-0.39, 0.29) is 6.61 Å². The molecular formula is C12H12N4O3. The molecule has 0 N–H and O–H groups in total. The van der Waals surface area contributed by atoms with Crippen LogP contribution in [-0.4, -0.2) is 30.0 Å². The average molecular weight is 260 g/mol. The third kappa shape index (κ3) is 2.73. The molecule has 1 aromatic carbocycles. The smallest absolute Gasteiger partial charge is 0.266 e. The normalized spacial score (nSPS) is 13.4. The van der Waals surface area contributed by atoms with E-state index in [2.05, 4.69) is 10.0 Å². The minimum atomic E-state index is -0.435. The predicted octanol–water partition coefficient (Wildman–Crippen LogP) is 2.30. The summed E-state index contributed by atoms with van der Waals surface area (Å²) < 4.78 is 0. The predicted molar refractivity (Wildman–Crippen MR) is 66.1 cm³/mol. The van der Waals surface area contributed by atoms with E-state index in [1.807, 2.05) is 0 Å². The highest BCUT2D eigenvalue weighted by Crippen LogP contribution is 2.22. The first kappa shape index (κ1) is 13.1. The number of hydroxylamine groups is 2. The molecule has 98 valence electrons. The Balaban J connectivity index is 1.88. The lowest BCUT2D eigenvalue weighted by molar-refractivity contribution is -0.0920. The first-order chi connectivity index (χ1) is 9.25. The van der Waals surface area contributed by atoms with E-state index in [0.29, 0.717) is 30.5 Å². The van der Waals surface area contributed by atoms with Crippen LogP contribution < -0.4 is 0 Å². The van der Waals surface area contributed by atoms with Crippen molar-refractivity contribution < 1.29 is 14.4 Å². The van der Waals surface area contributed by atoms with Crippen molar-refractivity contribution >= 4 is 11.8 Å². The summed E-state index contributed by atoms with van der Waals surface area (Å²) in [5, 5.41) is 4.17. The fraction of sp³-hybridized carbons (Fsp3) is 0.333. The molecule has 0 unspecified atom stereocenters. The maximum absolute atomic E-state index is 11.9. The molecule has 0 saturated heterocycles. The van der Waals surface area contributed by atoms with E-state index in [1.54, 1.807) is 24.3 Å². The summed E-state index contributed by atoms with van der Waals surface area (Å²) in [6.45, 7) is 0.606. The zero-order chi connectivity index (χ0) is 13.7. The topological polar surface area (TPSA) is 95.4 Å². The van der Waals surface area contributed by atoms with Crippen LogP contribution in [-0.2, 0) is 4.84 Å². The van der Waals surface area contributed by atoms with Crippen LogP contribution in [0.1, 0.15) is 33.6 Å². The molecule has 0 fully saturated rings. The molecule has 0 radical (unpaired) electrons. The summed E-state index contributed by atoms with van der Waals surface area (Å²) in [5.41, 5.74) is 8.82. The van der Waals surface area contributed by atoms with Crippen LogP contribution in [0.2, 0.25) is 0 Å². The summed E-state index contributed by atoms with van der Waals surface area (Å²) >= 11 is 0. The number of hydrogen-bond donors (Lipinski definition) is 0. The van der Waals surface area contributed by atoms with Crippen LogP contribution >= 0.6 is 0 Å². The van der Waals surface area contributed by atoms with Gasteiger partial charge in [0.05, 0.1) is 17.7 Å². The van der Waals surface area contributed by atoms with Gasteiger partial charge in [-0.25, -0.2) is 0 Å². The van der Waals surface area contributed by atoms with E-state index >= 15 is 0 Å². The standard InChI is InChI=1S/C12H12N4O3/c13-15-14-7-3-4-8-19-16-11(17)9-5-1-2-6-10(9)12(16)18/h1-2,5-6H,3-4,7-8H2. The van der Waals surface area contributed by atoms with Crippen LogP contribution in [0, 0.1) is 0 Å². The molecule has 7 heteroatoms. The van der Waals surface area contributed by atoms with Crippen molar-refractivity contribution in [2.45, 2.75) is 12.8 Å². The zero-order valence-electron chi connectivity index (χ0n) is 10.2. The molecule has 2 amide bonds. The van der Waals surface area contributed by atoms with Crippen molar-refractivity contribution in [3.63, 3.8) is 0 Å². The second kappa shape index (κ2) is 5.99. The van der Waals surface area contributed by atoms with Gasteiger partial charge in [-0.2, -0.15) is 0 Å². The van der Waals surface area contributed by atoms with E-state index in [1.165, 1.54) is 0 Å². The SMILES string of the molecule is [N-]=[N+]=NCCCCON1C(=O)c2ccccc2C1=O. The van der Waals surface area contributed by atoms with E-state index < -0.39 is 11.8 Å². The summed E-state index contributed by atoms with van der Waals surface area (Å²) in [6.07, 6.45) is 1.25. The number of carbonyl (C=O) groups is 2. The van der Waals surface area contributed by atoms with Gasteiger partial charge in [0.1, 0.15) is 0 Å². The molecule has 0 saturated carbocycles. The first-order valence-electron chi connectivity index (χ1n) is 5.87. The van der Waals surface area contributed by atoms with Gasteiger partial charge in [0, 0.05) is 11.5 Å². The summed E-state index contributed by atoms with van der Waals surface area (Å²) in [4.78, 5) is 31.6. The summed E-state index contributed by atoms with van der Waals surface area (Å²) in [7, 11) is 0. The second-order valence-corrected chi connectivity index (χ2v) is 3.95. The lowest BCUT2D eigenvalue weighted by atomic mass is 10.1. The minimum absolute atomic E-state index is 0.229. The summed E-state index contributed by atoms with van der Waals surface area (Å²) in [6, 6.07) is 6.60. The Bertz CT molecular complexity index is 517. The van der Waals surface area contributed by atoms with Gasteiger partial charge in [-0.3, -0.25) is 14.4 Å². The Hall–Kier alpha value is -2.37. The molecule has 19 heavy (non-hydrogen) atoms. The Kier molecular flexibility index (Phi) is 4.12. The molecule has 1 aromatic rings. The lowest BCUT2D eigenvalue weighted by Crippen LogP contribution is -2.30. The molecule has 0 atom stereocenters. The highest BCUT2D eigenvalue weighted by molar-refractivity contribution is 6.20. The number of carbonyl (C=O) groups excluding carboxylic acids is 2. The van der Waals surface area contributed by atoms with Gasteiger partial charge in [-0.05, 0) is 30.5 Å². The van der Waals surface area contributed by atoms with Gasteiger partial charge in [0.2, 0.25) is 0 Å². The third-order valence-corrected chi connectivity index (χ3v) is 2.69. The van der Waals surface area contributed by atoms with Gasteiger partial charge < -0.3 is 0 Å². The van der Waals surface area contributed by atoms with E-state index in [4.69, 9.17) is 10.4 Å². The van der Waals surface area contributed by atoms with E-state index in [9.17, 15) is 9.59 Å². The largest absolute Gasteiger partial charge is 0.285 e. The molecule has 1 heterocycles. The number of amides is 2. The van der Waals surface area contributed by atoms with Crippen molar-refractivity contribution in [2.24, 2.45) is 5.11 Å². The van der Waals surface area contributed by atoms with Crippen molar-refractivity contribution in [2.75, 3.05) is 13.2 Å². The number of benzene rings is 1. The number of rotatable bonds is 6. The second-order valence-electron chi connectivity index (χ2n) is 3.95. The van der Waals surface area contributed by atoms with Gasteiger partial charge in [0.15, 0.2) is 0 Å². The van der Waals surface area contributed by atoms with Crippen LogP contribution in [0.3, 0.4) is 0 Å². The van der Waals surface area contributed by atoms with Crippen molar-refractivity contribution in [3.8, 4) is 0 Å². The van der Waals surface area contributed by atoms with Crippen molar-refractivity contribution in [1.82, 2.24) is 5.06 Å². The number of hydrogen-bond acceptors (Lipinski definition) is 4. The Labute approximate surface area is 109 Å². The maximum atomic E-state index is 11.9. The van der Waals surface area contributed by atoms with Crippen LogP contribution in [0.15, 0.2) is 29.4 Å². The molecule has 0 aromatic heterocycles. The van der Waals surface area contributed by atoms with Crippen LogP contribution in [0.4, 0.5) is 0 Å². The number of azide groups is 1. The van der Waals surface area contributed by atoms with Crippen LogP contribution in [0.5, 0.6) is 0 Å². The van der Waals surface area contributed by atoms with E-state index in [0.717, 1.165) is 5.06 Å². The van der Waals surface area contributed by atoms with Crippen LogP contribution in [0.25, 0.3) is 10.4 Å². The molecule has 0 bridgehead atoms. The van der Waals surface area contributed by atoms with Gasteiger partial charge >= 0.3 is 0 Å². The number of unbranched alkanes of at least 4 members (excludes halogenated alkanes) is 1. The Morgan fingerprint density at radius 1 is 1.16 bits per heavy atom. The minimum Gasteiger partial charge on any atom is -0.266 e. The summed E-state index contributed by atoms with van der Waals surface area (Å²) in [5.74, 6) is -0.869. The number of nitrogens with zero attached hydrogens (tertiary/aromatic N) is 4. The molecule has 7 nitrogen and oxygen atoms in total. The highest BCUT2D eigenvalue weighted by Gasteiger charge is 2.36. The molecule has 0 aliphatic carbocycles. The fourth-order valence-corrected chi connectivity index (χ4v) is 1.77. The molecule has 0 spiro atoms. The molecule has 1 aliphatic rings. The van der Waals surface area contributed by atoms with Gasteiger partial charge in [0.25, 0.3) is 11.8 Å². The van der Waals surface area contributed by atoms with Gasteiger partial charge in [-0.15, -0.1) is 5.06 Å². The molecule has 1 aliphatic heterocycles. The van der Waals surface area contributed by atoms with Crippen molar-refractivity contribution in [1.29, 1.82) is 0 Å². The maximum Gasteiger partial charge on any atom is 0.285 e. The number of imide groups is 1. The molecule has 2 rings (SSSR count). The third-order valence-electron chi connectivity index (χ3n) is 2.69. The zero-order valence-corrected chi connectivity index (χ0v) is 10.2. The Morgan fingerprint density at radius 3 is 2.37 bits per heavy atom. The quantitative estimate of drug-likeness (QED) is 0.258. The monoisotopic (exact) mass is 260 g/mol. The van der Waals surface area contributed by atoms with Crippen molar-refractivity contribution in [3.05, 3.63) is 45.8 Å². The molecular weight excluding hydrogens is 248 g/mol. The number of fused-ring (bicyclic) bond motifs is 1. The first-order valence-corrected chi connectivity index (χ1v) is 5.87. The Morgan fingerprint density at radius 2 is 1.79 bits per heavy atom. The lowest BCUT2D eigenvalue weighted by Gasteiger charge is -2.12. The average Bonchev–Trinajstić information content (AvgIpc) is 2.68. The highest BCUT2D eigenvalue weighted by atomic mass is 16.7.